The van der Waals surface area contributed by atoms with Crippen molar-refractivity contribution in [2.24, 2.45) is 5.92 Å². The van der Waals surface area contributed by atoms with E-state index in [-0.39, 0.29) is 18.4 Å². The Balaban J connectivity index is 2.03. The van der Waals surface area contributed by atoms with Gasteiger partial charge in [0, 0.05) is 30.5 Å². The molecule has 0 bridgehead atoms. The molecule has 1 saturated heterocycles. The van der Waals surface area contributed by atoms with Crippen LogP contribution in [-0.2, 0) is 17.6 Å². The molecule has 5 nitrogen and oxygen atoms in total. The fourth-order valence-electron chi connectivity index (χ4n) is 2.88. The van der Waals surface area contributed by atoms with Crippen molar-refractivity contribution in [3.05, 3.63) is 29.1 Å². The van der Waals surface area contributed by atoms with Crippen molar-refractivity contribution in [1.29, 1.82) is 0 Å². The van der Waals surface area contributed by atoms with E-state index in [1.807, 2.05) is 17.9 Å². The van der Waals surface area contributed by atoms with Gasteiger partial charge in [-0.05, 0) is 43.2 Å². The van der Waals surface area contributed by atoms with Crippen LogP contribution in [-0.4, -0.2) is 41.3 Å². The quantitative estimate of drug-likeness (QED) is 0.875. The van der Waals surface area contributed by atoms with Gasteiger partial charge in [-0.2, -0.15) is 0 Å². The van der Waals surface area contributed by atoms with Gasteiger partial charge in [0.25, 0.3) is 5.91 Å². The number of aryl methyl sites for hydroxylation is 1. The minimum Gasteiger partial charge on any atom is -0.343 e. The highest BCUT2D eigenvalue weighted by atomic mass is 16.2. The summed E-state index contributed by atoms with van der Waals surface area (Å²) < 4.78 is 0. The van der Waals surface area contributed by atoms with Crippen LogP contribution in [0.5, 0.6) is 0 Å². The second kappa shape index (κ2) is 8.09. The predicted octanol–water partition coefficient (Wildman–Crippen LogP) is 2.19. The van der Waals surface area contributed by atoms with Crippen LogP contribution >= 0.6 is 0 Å². The molecule has 1 fully saturated rings. The van der Waals surface area contributed by atoms with Gasteiger partial charge >= 0.3 is 0 Å². The zero-order valence-corrected chi connectivity index (χ0v) is 14.4. The molecule has 0 unspecified atom stereocenters. The zero-order valence-electron chi connectivity index (χ0n) is 14.4. The van der Waals surface area contributed by atoms with Crippen LogP contribution in [0.3, 0.4) is 0 Å². The average Bonchev–Trinajstić information content (AvgIpc) is 3.06. The lowest BCUT2D eigenvalue weighted by molar-refractivity contribution is -0.129. The topological polar surface area (TPSA) is 62.3 Å². The van der Waals surface area contributed by atoms with Crippen molar-refractivity contribution in [3.63, 3.8) is 0 Å². The Labute approximate surface area is 138 Å². The largest absolute Gasteiger partial charge is 0.343 e. The van der Waals surface area contributed by atoms with Crippen LogP contribution in [0, 0.1) is 5.92 Å². The molecule has 0 saturated carbocycles. The average molecular weight is 317 g/mol. The minimum absolute atomic E-state index is 0.00496. The first-order valence-corrected chi connectivity index (χ1v) is 8.55. The molecule has 2 heterocycles. The number of rotatable bonds is 6. The molecule has 0 radical (unpaired) electrons. The molecule has 0 aromatic carbocycles. The maximum absolute atomic E-state index is 12.5. The van der Waals surface area contributed by atoms with Crippen LogP contribution in [0.1, 0.15) is 55.2 Å². The SMILES string of the molecule is CCc1cnc(CC(C)C)cc1C(=O)NCC(=O)N1CCCC1. The van der Waals surface area contributed by atoms with Crippen LogP contribution < -0.4 is 5.32 Å². The summed E-state index contributed by atoms with van der Waals surface area (Å²) in [6.07, 6.45) is 5.49. The van der Waals surface area contributed by atoms with Gasteiger partial charge in [0.05, 0.1) is 6.54 Å². The minimum atomic E-state index is -0.179. The summed E-state index contributed by atoms with van der Waals surface area (Å²) in [6.45, 7) is 7.95. The van der Waals surface area contributed by atoms with E-state index >= 15 is 0 Å². The third-order valence-electron chi connectivity index (χ3n) is 4.14. The summed E-state index contributed by atoms with van der Waals surface area (Å²) in [6, 6.07) is 1.87. The van der Waals surface area contributed by atoms with Crippen molar-refractivity contribution in [3.8, 4) is 0 Å². The number of carbonyl (C=O) groups excluding carboxylic acids is 2. The summed E-state index contributed by atoms with van der Waals surface area (Å²) in [5.74, 6) is 0.315. The highest BCUT2D eigenvalue weighted by Gasteiger charge is 2.19. The van der Waals surface area contributed by atoms with Crippen molar-refractivity contribution in [1.82, 2.24) is 15.2 Å². The summed E-state index contributed by atoms with van der Waals surface area (Å²) in [5, 5.41) is 2.77. The lowest BCUT2D eigenvalue weighted by Crippen LogP contribution is -2.38. The molecule has 126 valence electrons. The first-order chi connectivity index (χ1) is 11.0. The van der Waals surface area contributed by atoms with E-state index in [0.717, 1.165) is 50.0 Å². The Morgan fingerprint density at radius 3 is 2.61 bits per heavy atom. The van der Waals surface area contributed by atoms with E-state index in [4.69, 9.17) is 0 Å². The summed E-state index contributed by atoms with van der Waals surface area (Å²) in [7, 11) is 0. The van der Waals surface area contributed by atoms with Gasteiger partial charge in [0.15, 0.2) is 0 Å². The number of pyridine rings is 1. The van der Waals surface area contributed by atoms with Crippen molar-refractivity contribution in [2.45, 2.75) is 46.5 Å². The zero-order chi connectivity index (χ0) is 16.8. The highest BCUT2D eigenvalue weighted by Crippen LogP contribution is 2.14. The van der Waals surface area contributed by atoms with Gasteiger partial charge in [0.1, 0.15) is 0 Å². The fourth-order valence-corrected chi connectivity index (χ4v) is 2.88. The number of carbonyl (C=O) groups is 2. The van der Waals surface area contributed by atoms with E-state index in [1.54, 1.807) is 6.20 Å². The van der Waals surface area contributed by atoms with E-state index in [2.05, 4.69) is 24.1 Å². The van der Waals surface area contributed by atoms with Gasteiger partial charge in [0.2, 0.25) is 5.91 Å². The molecule has 23 heavy (non-hydrogen) atoms. The molecular formula is C18H27N3O2. The molecule has 1 aliphatic rings. The first kappa shape index (κ1) is 17.4. The van der Waals surface area contributed by atoms with Gasteiger partial charge in [-0.15, -0.1) is 0 Å². The molecule has 0 atom stereocenters. The maximum atomic E-state index is 12.5. The Morgan fingerprint density at radius 1 is 1.30 bits per heavy atom. The standard InChI is InChI=1S/C18H27N3O2/c1-4-14-11-19-15(9-13(2)3)10-16(14)18(23)20-12-17(22)21-7-5-6-8-21/h10-11,13H,4-9,12H2,1-3H3,(H,20,23). The van der Waals surface area contributed by atoms with Gasteiger partial charge in [-0.3, -0.25) is 14.6 Å². The number of hydrogen-bond donors (Lipinski definition) is 1. The molecule has 1 aliphatic heterocycles. The smallest absolute Gasteiger partial charge is 0.252 e. The number of aromatic nitrogens is 1. The number of nitrogens with zero attached hydrogens (tertiary/aromatic N) is 2. The Hall–Kier alpha value is -1.91. The van der Waals surface area contributed by atoms with Crippen molar-refractivity contribution < 1.29 is 9.59 Å². The summed E-state index contributed by atoms with van der Waals surface area (Å²) >= 11 is 0. The van der Waals surface area contributed by atoms with Crippen LogP contribution in [0.4, 0.5) is 0 Å². The molecule has 0 spiro atoms. The van der Waals surface area contributed by atoms with Gasteiger partial charge in [-0.25, -0.2) is 0 Å². The number of hydrogen-bond acceptors (Lipinski definition) is 3. The Morgan fingerprint density at radius 2 is 2.00 bits per heavy atom. The lowest BCUT2D eigenvalue weighted by Gasteiger charge is -2.16. The van der Waals surface area contributed by atoms with E-state index in [1.165, 1.54) is 0 Å². The van der Waals surface area contributed by atoms with Gasteiger partial charge < -0.3 is 10.2 Å². The number of likely N-dealkylation sites (tertiary alicyclic amines) is 1. The highest BCUT2D eigenvalue weighted by molar-refractivity contribution is 5.97. The maximum Gasteiger partial charge on any atom is 0.252 e. The Bertz CT molecular complexity index is 563. The predicted molar refractivity (Wildman–Crippen MR) is 90.3 cm³/mol. The van der Waals surface area contributed by atoms with E-state index in [9.17, 15) is 9.59 Å². The van der Waals surface area contributed by atoms with Gasteiger partial charge in [-0.1, -0.05) is 20.8 Å². The molecular weight excluding hydrogens is 290 g/mol. The normalized spacial score (nSPS) is 14.3. The molecule has 2 amide bonds. The van der Waals surface area contributed by atoms with Crippen LogP contribution in [0.2, 0.25) is 0 Å². The molecule has 5 heteroatoms. The second-order valence-electron chi connectivity index (χ2n) is 6.55. The van der Waals surface area contributed by atoms with E-state index in [0.29, 0.717) is 11.5 Å². The third kappa shape index (κ3) is 4.78. The third-order valence-corrected chi connectivity index (χ3v) is 4.14. The molecule has 2 rings (SSSR count). The molecule has 1 aromatic heterocycles. The fraction of sp³-hybridized carbons (Fsp3) is 0.611. The second-order valence-corrected chi connectivity index (χ2v) is 6.55. The van der Waals surface area contributed by atoms with Crippen molar-refractivity contribution in [2.75, 3.05) is 19.6 Å². The van der Waals surface area contributed by atoms with Crippen molar-refractivity contribution >= 4 is 11.8 Å². The van der Waals surface area contributed by atoms with E-state index < -0.39 is 0 Å². The molecule has 0 aliphatic carbocycles. The Kier molecular flexibility index (Phi) is 6.13. The monoisotopic (exact) mass is 317 g/mol. The number of amides is 2. The first-order valence-electron chi connectivity index (χ1n) is 8.55. The lowest BCUT2D eigenvalue weighted by atomic mass is 10.0. The van der Waals surface area contributed by atoms with Crippen LogP contribution in [0.25, 0.3) is 0 Å². The summed E-state index contributed by atoms with van der Waals surface area (Å²) in [5.41, 5.74) is 2.49. The summed E-state index contributed by atoms with van der Waals surface area (Å²) in [4.78, 5) is 30.8. The van der Waals surface area contributed by atoms with Crippen LogP contribution in [0.15, 0.2) is 12.3 Å². The number of nitrogens with one attached hydrogen (secondary N) is 1. The molecule has 1 aromatic rings. The molecule has 1 N–H and O–H groups in total.